The molecule has 1 saturated heterocycles. The highest BCUT2D eigenvalue weighted by molar-refractivity contribution is 7.99. The third-order valence-corrected chi connectivity index (χ3v) is 6.37. The Hall–Kier alpha value is -1.55. The predicted octanol–water partition coefficient (Wildman–Crippen LogP) is 3.81. The van der Waals surface area contributed by atoms with Gasteiger partial charge in [0.2, 0.25) is 0 Å². The second-order valence-electron chi connectivity index (χ2n) is 7.38. The molecule has 0 N–H and O–H groups in total. The fourth-order valence-corrected chi connectivity index (χ4v) is 5.17. The molecule has 0 spiro atoms. The molecular weight excluding hydrogens is 330 g/mol. The van der Waals surface area contributed by atoms with Crippen LogP contribution in [0.1, 0.15) is 41.0 Å². The maximum Gasteiger partial charge on any atom is 0.151 e. The number of aryl methyl sites for hydroxylation is 3. The number of hydrogen-bond acceptors (Lipinski definition) is 4. The highest BCUT2D eigenvalue weighted by Gasteiger charge is 2.43. The number of allylic oxidation sites excluding steroid dienone is 1. The molecule has 3 rings (SSSR count). The molecule has 2 atom stereocenters. The van der Waals surface area contributed by atoms with Gasteiger partial charge in [-0.25, -0.2) is 0 Å². The Kier molecular flexibility index (Phi) is 5.38. The summed E-state index contributed by atoms with van der Waals surface area (Å²) in [7, 11) is 0. The molecular formula is C21H27NO2S. The molecule has 0 bridgehead atoms. The molecule has 2 unspecified atom stereocenters. The molecule has 1 aliphatic carbocycles. The third kappa shape index (κ3) is 3.69. The number of ketones is 2. The maximum atomic E-state index is 13.0. The van der Waals surface area contributed by atoms with Crippen molar-refractivity contribution < 1.29 is 9.59 Å². The molecule has 0 aromatic heterocycles. The Balaban J connectivity index is 1.78. The molecule has 1 saturated carbocycles. The number of carbonyl (C=O) groups excluding carboxylic acids is 2. The van der Waals surface area contributed by atoms with Crippen molar-refractivity contribution in [2.75, 3.05) is 24.6 Å². The first-order chi connectivity index (χ1) is 11.9. The molecule has 2 aliphatic rings. The molecule has 2 fully saturated rings. The van der Waals surface area contributed by atoms with Crippen molar-refractivity contribution in [2.24, 2.45) is 5.92 Å². The lowest BCUT2D eigenvalue weighted by atomic mass is 9.86. The molecule has 1 aromatic rings. The molecule has 1 aliphatic heterocycles. The van der Waals surface area contributed by atoms with Crippen LogP contribution >= 0.6 is 11.8 Å². The van der Waals surface area contributed by atoms with Crippen LogP contribution in [0.15, 0.2) is 24.4 Å². The monoisotopic (exact) mass is 357 g/mol. The average molecular weight is 358 g/mol. The number of rotatable bonds is 4. The van der Waals surface area contributed by atoms with Crippen molar-refractivity contribution in [1.82, 2.24) is 4.90 Å². The van der Waals surface area contributed by atoms with Crippen LogP contribution in [0.5, 0.6) is 0 Å². The van der Waals surface area contributed by atoms with Gasteiger partial charge >= 0.3 is 0 Å². The second kappa shape index (κ2) is 7.36. The largest absolute Gasteiger partial charge is 0.374 e. The summed E-state index contributed by atoms with van der Waals surface area (Å²) >= 11 is 1.96. The van der Waals surface area contributed by atoms with E-state index in [1.165, 1.54) is 5.56 Å². The van der Waals surface area contributed by atoms with E-state index in [9.17, 15) is 9.59 Å². The Morgan fingerprint density at radius 2 is 1.76 bits per heavy atom. The van der Waals surface area contributed by atoms with Gasteiger partial charge in [-0.15, -0.1) is 0 Å². The van der Waals surface area contributed by atoms with Crippen molar-refractivity contribution in [3.63, 3.8) is 0 Å². The van der Waals surface area contributed by atoms with E-state index in [0.717, 1.165) is 47.0 Å². The minimum Gasteiger partial charge on any atom is -0.374 e. The van der Waals surface area contributed by atoms with E-state index in [2.05, 4.69) is 23.6 Å². The van der Waals surface area contributed by atoms with Gasteiger partial charge < -0.3 is 4.90 Å². The maximum absolute atomic E-state index is 13.0. The number of hydrogen-bond donors (Lipinski definition) is 0. The number of nitrogens with zero attached hydrogens (tertiary/aromatic N) is 1. The summed E-state index contributed by atoms with van der Waals surface area (Å²) in [6.45, 7) is 12.3. The molecule has 25 heavy (non-hydrogen) atoms. The van der Waals surface area contributed by atoms with E-state index in [1.807, 2.05) is 32.5 Å². The van der Waals surface area contributed by atoms with E-state index in [-0.39, 0.29) is 17.5 Å². The zero-order valence-corrected chi connectivity index (χ0v) is 16.2. The van der Waals surface area contributed by atoms with Crippen molar-refractivity contribution in [3.05, 3.63) is 46.7 Å². The number of Topliss-reactive ketones (excluding diaryl/α,β-unsaturated/α-hetero) is 2. The quantitative estimate of drug-likeness (QED) is 0.768. The van der Waals surface area contributed by atoms with Crippen molar-refractivity contribution in [1.29, 1.82) is 0 Å². The van der Waals surface area contributed by atoms with E-state index in [0.29, 0.717) is 12.8 Å². The van der Waals surface area contributed by atoms with Crippen LogP contribution in [-0.2, 0) is 9.59 Å². The van der Waals surface area contributed by atoms with E-state index in [1.54, 1.807) is 0 Å². The third-order valence-electron chi connectivity index (χ3n) is 5.42. The summed E-state index contributed by atoms with van der Waals surface area (Å²) in [5.74, 6) is 1.61. The highest BCUT2D eigenvalue weighted by Crippen LogP contribution is 2.38. The van der Waals surface area contributed by atoms with Gasteiger partial charge in [0.25, 0.3) is 0 Å². The van der Waals surface area contributed by atoms with Gasteiger partial charge in [-0.1, -0.05) is 24.3 Å². The van der Waals surface area contributed by atoms with Crippen molar-refractivity contribution in [3.8, 4) is 0 Å². The van der Waals surface area contributed by atoms with Crippen LogP contribution in [0.2, 0.25) is 0 Å². The standard InChI is InChI=1S/C21H27NO2S/c1-13-9-14(2)19(15(3)10-13)20-18(23)12-17(21(20)24)11-16(4)22-5-7-25-8-6-22/h9-10,17,20H,4-8,11-12H2,1-3H3. The van der Waals surface area contributed by atoms with Gasteiger partial charge in [0.1, 0.15) is 11.7 Å². The van der Waals surface area contributed by atoms with Crippen molar-refractivity contribution >= 4 is 23.3 Å². The molecule has 134 valence electrons. The summed E-state index contributed by atoms with van der Waals surface area (Å²) in [4.78, 5) is 28.0. The molecule has 0 radical (unpaired) electrons. The molecule has 1 heterocycles. The van der Waals surface area contributed by atoms with Crippen LogP contribution in [0.3, 0.4) is 0 Å². The van der Waals surface area contributed by atoms with Crippen LogP contribution in [-0.4, -0.2) is 41.1 Å². The summed E-state index contributed by atoms with van der Waals surface area (Å²) in [6.07, 6.45) is 0.980. The molecule has 3 nitrogen and oxygen atoms in total. The Labute approximate surface area is 154 Å². The lowest BCUT2D eigenvalue weighted by Crippen LogP contribution is -2.32. The average Bonchev–Trinajstić information content (AvgIpc) is 2.82. The highest BCUT2D eigenvalue weighted by atomic mass is 32.2. The Morgan fingerprint density at radius 1 is 1.16 bits per heavy atom. The van der Waals surface area contributed by atoms with Crippen LogP contribution in [0.25, 0.3) is 0 Å². The van der Waals surface area contributed by atoms with Gasteiger partial charge in [-0.3, -0.25) is 9.59 Å². The Morgan fingerprint density at radius 3 is 2.36 bits per heavy atom. The van der Waals surface area contributed by atoms with Crippen molar-refractivity contribution in [2.45, 2.75) is 39.5 Å². The smallest absolute Gasteiger partial charge is 0.151 e. The Bertz CT molecular complexity index is 696. The lowest BCUT2D eigenvalue weighted by molar-refractivity contribution is -0.124. The first-order valence-electron chi connectivity index (χ1n) is 9.03. The summed E-state index contributed by atoms with van der Waals surface area (Å²) in [6, 6.07) is 4.14. The molecule has 4 heteroatoms. The van der Waals surface area contributed by atoms with Gasteiger partial charge in [-0.2, -0.15) is 11.8 Å². The van der Waals surface area contributed by atoms with E-state index >= 15 is 0 Å². The van der Waals surface area contributed by atoms with Crippen LogP contribution in [0, 0.1) is 26.7 Å². The summed E-state index contributed by atoms with van der Waals surface area (Å²) < 4.78 is 0. The van der Waals surface area contributed by atoms with Crippen LogP contribution in [0.4, 0.5) is 0 Å². The van der Waals surface area contributed by atoms with E-state index < -0.39 is 5.92 Å². The topological polar surface area (TPSA) is 37.4 Å². The fourth-order valence-electron chi connectivity index (χ4n) is 4.27. The number of benzene rings is 1. The second-order valence-corrected chi connectivity index (χ2v) is 8.61. The summed E-state index contributed by atoms with van der Waals surface area (Å²) in [5, 5.41) is 0. The summed E-state index contributed by atoms with van der Waals surface area (Å²) in [5.41, 5.74) is 5.23. The zero-order chi connectivity index (χ0) is 18.1. The zero-order valence-electron chi connectivity index (χ0n) is 15.4. The van der Waals surface area contributed by atoms with Gasteiger partial charge in [0, 0.05) is 42.6 Å². The predicted molar refractivity (Wildman–Crippen MR) is 104 cm³/mol. The first kappa shape index (κ1) is 18.2. The minimum atomic E-state index is -0.574. The number of thioether (sulfide) groups is 1. The van der Waals surface area contributed by atoms with Gasteiger partial charge in [-0.05, 0) is 43.9 Å². The lowest BCUT2D eigenvalue weighted by Gasteiger charge is -2.31. The molecule has 0 amide bonds. The van der Waals surface area contributed by atoms with Gasteiger partial charge in [0.05, 0.1) is 0 Å². The molecule has 1 aromatic carbocycles. The minimum absolute atomic E-state index is 0.0760. The van der Waals surface area contributed by atoms with Gasteiger partial charge in [0.15, 0.2) is 5.78 Å². The van der Waals surface area contributed by atoms with Crippen LogP contribution < -0.4 is 0 Å². The SMILES string of the molecule is C=C(CC1CC(=O)C(c2c(C)cc(C)cc2C)C1=O)N1CCSCC1. The number of carbonyl (C=O) groups is 2. The fraction of sp³-hybridized carbons (Fsp3) is 0.524. The van der Waals surface area contributed by atoms with E-state index in [4.69, 9.17) is 0 Å². The first-order valence-corrected chi connectivity index (χ1v) is 10.2. The normalized spacial score (nSPS) is 24.0.